The fourth-order valence-corrected chi connectivity index (χ4v) is 5.45. The molecule has 1 heterocycles. The second kappa shape index (κ2) is 9.29. The first kappa shape index (κ1) is 26.1. The topological polar surface area (TPSA) is 125 Å². The monoisotopic (exact) mass is 515 g/mol. The van der Waals surface area contributed by atoms with Crippen molar-refractivity contribution in [2.45, 2.75) is 49.9 Å². The van der Waals surface area contributed by atoms with E-state index in [4.69, 9.17) is 9.84 Å². The number of amides is 2. The summed E-state index contributed by atoms with van der Waals surface area (Å²) in [5.74, 6) is -0.213. The molecule has 0 spiro atoms. The Labute approximate surface area is 199 Å². The van der Waals surface area contributed by atoms with E-state index in [2.05, 4.69) is 10.6 Å². The van der Waals surface area contributed by atoms with Gasteiger partial charge in [0.25, 0.3) is 10.0 Å². The van der Waals surface area contributed by atoms with Crippen molar-refractivity contribution < 1.29 is 41.0 Å². The van der Waals surface area contributed by atoms with E-state index < -0.39 is 44.4 Å². The lowest BCUT2D eigenvalue weighted by molar-refractivity contribution is -0.137. The number of carboxylic acid groups (broad SMARTS) is 1. The molecule has 2 aromatic carbocycles. The van der Waals surface area contributed by atoms with Crippen LogP contribution in [0.2, 0.25) is 0 Å². The van der Waals surface area contributed by atoms with Crippen molar-refractivity contribution in [2.75, 3.05) is 16.2 Å². The van der Waals surface area contributed by atoms with Crippen molar-refractivity contribution in [1.29, 1.82) is 0 Å². The molecule has 0 saturated carbocycles. The molecule has 2 aromatic rings. The minimum Gasteiger partial charge on any atom is -0.486 e. The van der Waals surface area contributed by atoms with Gasteiger partial charge in [0.2, 0.25) is 5.91 Å². The summed E-state index contributed by atoms with van der Waals surface area (Å²) in [5, 5.41) is 13.9. The zero-order valence-corrected chi connectivity index (χ0v) is 19.8. The van der Waals surface area contributed by atoms with E-state index in [0.29, 0.717) is 6.07 Å². The second-order valence-corrected chi connectivity index (χ2v) is 10.5. The second-order valence-electron chi connectivity index (χ2n) is 8.68. The highest BCUT2D eigenvalue weighted by Gasteiger charge is 2.39. The molecular formula is C22H24F3N3O6S. The number of nitrogens with one attached hydrogen (secondary N) is 2. The standard InChI is InChI=1S/C22H24F3N3O6S/c1-13(29)27-21(2,3)11-16-12-28(18-10-15(26-20(30)31)7-8-19(18)34-16)35(32,33)17-6-4-5-14(9-17)22(23,24)25/h4-10,16,26H,11-12H2,1-3H3,(H,27,29)(H,30,31). The Balaban J connectivity index is 2.08. The summed E-state index contributed by atoms with van der Waals surface area (Å²) >= 11 is 0. The summed E-state index contributed by atoms with van der Waals surface area (Å²) in [4.78, 5) is 22.0. The first-order valence-electron chi connectivity index (χ1n) is 10.4. The van der Waals surface area contributed by atoms with Crippen LogP contribution in [-0.2, 0) is 21.0 Å². The highest BCUT2D eigenvalue weighted by molar-refractivity contribution is 7.92. The van der Waals surface area contributed by atoms with Crippen molar-refractivity contribution in [3.63, 3.8) is 0 Å². The number of fused-ring (bicyclic) bond motifs is 1. The molecule has 13 heteroatoms. The molecule has 3 rings (SSSR count). The lowest BCUT2D eigenvalue weighted by Crippen LogP contribution is -2.50. The summed E-state index contributed by atoms with van der Waals surface area (Å²) in [5.41, 5.74) is -1.91. The molecule has 1 unspecified atom stereocenters. The number of ether oxygens (including phenoxy) is 1. The molecule has 35 heavy (non-hydrogen) atoms. The molecule has 9 nitrogen and oxygen atoms in total. The normalized spacial score (nSPS) is 16.2. The van der Waals surface area contributed by atoms with E-state index in [0.717, 1.165) is 22.5 Å². The van der Waals surface area contributed by atoms with Crippen LogP contribution in [0.4, 0.5) is 29.3 Å². The van der Waals surface area contributed by atoms with Gasteiger partial charge >= 0.3 is 12.3 Å². The first-order chi connectivity index (χ1) is 16.1. The number of hydrogen-bond donors (Lipinski definition) is 3. The molecule has 3 N–H and O–H groups in total. The molecule has 1 atom stereocenters. The molecule has 0 fully saturated rings. The van der Waals surface area contributed by atoms with Gasteiger partial charge in [-0.15, -0.1) is 0 Å². The van der Waals surface area contributed by atoms with Gasteiger partial charge in [-0.05, 0) is 50.2 Å². The molecular weight excluding hydrogens is 491 g/mol. The number of halogens is 3. The van der Waals surface area contributed by atoms with E-state index in [1.807, 2.05) is 0 Å². The van der Waals surface area contributed by atoms with Crippen molar-refractivity contribution in [2.24, 2.45) is 0 Å². The largest absolute Gasteiger partial charge is 0.486 e. The van der Waals surface area contributed by atoms with E-state index in [-0.39, 0.29) is 36.0 Å². The maximum absolute atomic E-state index is 13.5. The minimum atomic E-state index is -4.75. The lowest BCUT2D eigenvalue weighted by atomic mass is 9.95. The predicted molar refractivity (Wildman–Crippen MR) is 121 cm³/mol. The van der Waals surface area contributed by atoms with E-state index in [1.165, 1.54) is 25.1 Å². The Kier molecular flexibility index (Phi) is 6.93. The van der Waals surface area contributed by atoms with Gasteiger partial charge in [0, 0.05) is 24.6 Å². The van der Waals surface area contributed by atoms with Crippen LogP contribution >= 0.6 is 0 Å². The molecule has 1 aliphatic heterocycles. The average Bonchev–Trinajstić information content (AvgIpc) is 2.71. The molecule has 0 bridgehead atoms. The van der Waals surface area contributed by atoms with Crippen LogP contribution < -0.4 is 19.7 Å². The SMILES string of the molecule is CC(=O)NC(C)(C)CC1CN(S(=O)(=O)c2cccc(C(F)(F)F)c2)c2cc(NC(=O)O)ccc2O1. The van der Waals surface area contributed by atoms with Gasteiger partial charge < -0.3 is 15.2 Å². The van der Waals surface area contributed by atoms with Crippen molar-refractivity contribution in [3.8, 4) is 5.75 Å². The third-order valence-electron chi connectivity index (χ3n) is 5.14. The van der Waals surface area contributed by atoms with Crippen LogP contribution in [0.15, 0.2) is 47.4 Å². The van der Waals surface area contributed by atoms with Crippen LogP contribution in [0.25, 0.3) is 0 Å². The number of alkyl halides is 3. The molecule has 0 saturated heterocycles. The van der Waals surface area contributed by atoms with Gasteiger partial charge in [-0.1, -0.05) is 6.07 Å². The quantitative estimate of drug-likeness (QED) is 0.533. The lowest BCUT2D eigenvalue weighted by Gasteiger charge is -2.39. The summed E-state index contributed by atoms with van der Waals surface area (Å²) in [6.45, 7) is 4.49. The number of benzene rings is 2. The third-order valence-corrected chi connectivity index (χ3v) is 6.92. The average molecular weight is 516 g/mol. The maximum Gasteiger partial charge on any atom is 0.416 e. The van der Waals surface area contributed by atoms with Crippen LogP contribution in [0.5, 0.6) is 5.75 Å². The fourth-order valence-electron chi connectivity index (χ4n) is 3.90. The smallest absolute Gasteiger partial charge is 0.416 e. The van der Waals surface area contributed by atoms with E-state index in [9.17, 15) is 31.2 Å². The molecule has 190 valence electrons. The molecule has 1 aliphatic rings. The number of hydrogen-bond acceptors (Lipinski definition) is 5. The number of carbonyl (C=O) groups excluding carboxylic acids is 1. The molecule has 0 aromatic heterocycles. The Morgan fingerprint density at radius 2 is 1.86 bits per heavy atom. The van der Waals surface area contributed by atoms with E-state index >= 15 is 0 Å². The fraction of sp³-hybridized carbons (Fsp3) is 0.364. The Morgan fingerprint density at radius 1 is 1.17 bits per heavy atom. The Morgan fingerprint density at radius 3 is 2.46 bits per heavy atom. The van der Waals surface area contributed by atoms with Gasteiger partial charge in [0.05, 0.1) is 22.7 Å². The minimum absolute atomic E-state index is 0.0396. The molecule has 0 radical (unpaired) electrons. The van der Waals surface area contributed by atoms with Gasteiger partial charge in [0.15, 0.2) is 0 Å². The maximum atomic E-state index is 13.5. The van der Waals surface area contributed by atoms with Gasteiger partial charge in [-0.25, -0.2) is 13.2 Å². The number of sulfonamides is 1. The number of carbonyl (C=O) groups is 2. The summed E-state index contributed by atoms with van der Waals surface area (Å²) in [7, 11) is -4.52. The molecule has 0 aliphatic carbocycles. The summed E-state index contributed by atoms with van der Waals surface area (Å²) in [6, 6.07) is 7.31. The highest BCUT2D eigenvalue weighted by Crippen LogP contribution is 2.41. The van der Waals surface area contributed by atoms with Gasteiger partial charge in [0.1, 0.15) is 11.9 Å². The predicted octanol–water partition coefficient (Wildman–Crippen LogP) is 4.06. The van der Waals surface area contributed by atoms with E-state index in [1.54, 1.807) is 13.8 Å². The Hall–Kier alpha value is -3.48. The number of rotatable bonds is 6. The van der Waals surface area contributed by atoms with Crippen molar-refractivity contribution >= 4 is 33.4 Å². The van der Waals surface area contributed by atoms with Gasteiger partial charge in [-0.2, -0.15) is 13.2 Å². The van der Waals surface area contributed by atoms with Gasteiger partial charge in [-0.3, -0.25) is 14.4 Å². The molecule has 2 amide bonds. The first-order valence-corrected chi connectivity index (χ1v) is 11.8. The van der Waals surface area contributed by atoms with Crippen LogP contribution in [0.1, 0.15) is 32.8 Å². The number of anilines is 2. The number of nitrogens with zero attached hydrogens (tertiary/aromatic N) is 1. The van der Waals surface area contributed by atoms with Crippen LogP contribution in [0.3, 0.4) is 0 Å². The Bertz CT molecular complexity index is 1250. The summed E-state index contributed by atoms with van der Waals surface area (Å²) < 4.78 is 73.6. The van der Waals surface area contributed by atoms with Crippen LogP contribution in [0, 0.1) is 0 Å². The summed E-state index contributed by atoms with van der Waals surface area (Å²) in [6.07, 6.45) is -6.74. The highest BCUT2D eigenvalue weighted by atomic mass is 32.2. The zero-order valence-electron chi connectivity index (χ0n) is 19.0. The van der Waals surface area contributed by atoms with Crippen molar-refractivity contribution in [1.82, 2.24) is 5.32 Å². The zero-order chi connectivity index (χ0) is 26.2. The third kappa shape index (κ3) is 6.15. The van der Waals surface area contributed by atoms with Crippen LogP contribution in [-0.4, -0.2) is 43.7 Å². The van der Waals surface area contributed by atoms with Crippen molar-refractivity contribution in [3.05, 3.63) is 48.0 Å².